The predicted molar refractivity (Wildman–Crippen MR) is 75.4 cm³/mol. The fourth-order valence-corrected chi connectivity index (χ4v) is 2.24. The minimum atomic E-state index is 0.409. The second-order valence-electron chi connectivity index (χ2n) is 4.99. The van der Waals surface area contributed by atoms with Crippen LogP contribution in [0.1, 0.15) is 70.5 Å². The van der Waals surface area contributed by atoms with Gasteiger partial charge in [0.1, 0.15) is 0 Å². The van der Waals surface area contributed by atoms with Gasteiger partial charge in [-0.3, -0.25) is 4.68 Å². The molecule has 0 aliphatic carbocycles. The van der Waals surface area contributed by atoms with Gasteiger partial charge >= 0.3 is 0 Å². The Balaban J connectivity index is 2.39. The van der Waals surface area contributed by atoms with Crippen LogP contribution in [0.5, 0.6) is 0 Å². The number of hydrogen-bond donors (Lipinski definition) is 1. The third-order valence-corrected chi connectivity index (χ3v) is 3.34. The first-order valence-corrected chi connectivity index (χ1v) is 7.37. The van der Waals surface area contributed by atoms with E-state index in [9.17, 15) is 0 Å². The van der Waals surface area contributed by atoms with Crippen LogP contribution in [0.15, 0.2) is 6.20 Å². The van der Waals surface area contributed by atoms with Crippen LogP contribution in [-0.4, -0.2) is 21.5 Å². The molecule has 1 aromatic heterocycles. The fourth-order valence-electron chi connectivity index (χ4n) is 2.24. The van der Waals surface area contributed by atoms with Crippen molar-refractivity contribution in [2.24, 2.45) is 7.05 Å². The largest absolute Gasteiger partial charge is 0.309 e. The predicted octanol–water partition coefficient (Wildman–Crippen LogP) is 3.22. The third-order valence-electron chi connectivity index (χ3n) is 3.34. The van der Waals surface area contributed by atoms with E-state index in [1.807, 2.05) is 17.9 Å². The van der Waals surface area contributed by atoms with Gasteiger partial charge in [-0.2, -0.15) is 0 Å². The lowest BCUT2D eigenvalue weighted by Crippen LogP contribution is -2.24. The van der Waals surface area contributed by atoms with Crippen molar-refractivity contribution >= 4 is 0 Å². The highest BCUT2D eigenvalue weighted by Crippen LogP contribution is 2.19. The molecule has 1 heterocycles. The van der Waals surface area contributed by atoms with Crippen molar-refractivity contribution in [2.45, 2.75) is 64.8 Å². The third kappa shape index (κ3) is 5.17. The van der Waals surface area contributed by atoms with Gasteiger partial charge in [0.25, 0.3) is 0 Å². The summed E-state index contributed by atoms with van der Waals surface area (Å²) in [5.74, 6) is 0. The molecule has 0 fully saturated rings. The van der Waals surface area contributed by atoms with Crippen molar-refractivity contribution in [1.29, 1.82) is 0 Å². The van der Waals surface area contributed by atoms with Crippen molar-refractivity contribution in [3.8, 4) is 0 Å². The molecule has 0 saturated heterocycles. The first kappa shape index (κ1) is 15.2. The Bertz CT molecular complexity index is 308. The normalized spacial score (nSPS) is 12.8. The lowest BCUT2D eigenvalue weighted by atomic mass is 10.0. The van der Waals surface area contributed by atoms with Crippen molar-refractivity contribution in [3.63, 3.8) is 0 Å². The fraction of sp³-hybridized carbons (Fsp3) is 0.857. The van der Waals surface area contributed by atoms with Gasteiger partial charge in [-0.1, -0.05) is 51.2 Å². The standard InChI is InChI=1S/C14H28N4/c1-4-6-7-8-9-10-13(15-11-5-2)14-12-16-17-18(14)3/h12-13,15H,4-11H2,1-3H3. The van der Waals surface area contributed by atoms with E-state index in [0.717, 1.165) is 13.0 Å². The van der Waals surface area contributed by atoms with Crippen LogP contribution in [0.3, 0.4) is 0 Å². The molecule has 0 aliphatic heterocycles. The molecule has 0 aliphatic rings. The van der Waals surface area contributed by atoms with E-state index in [1.54, 1.807) is 0 Å². The first-order valence-electron chi connectivity index (χ1n) is 7.37. The van der Waals surface area contributed by atoms with E-state index >= 15 is 0 Å². The van der Waals surface area contributed by atoms with Crippen LogP contribution in [0.2, 0.25) is 0 Å². The molecule has 0 saturated carbocycles. The molecule has 104 valence electrons. The SMILES string of the molecule is CCCCCCCC(NCCC)c1cnnn1C. The van der Waals surface area contributed by atoms with Crippen LogP contribution in [-0.2, 0) is 7.05 Å². The molecule has 0 bridgehead atoms. The maximum Gasteiger partial charge on any atom is 0.0753 e. The van der Waals surface area contributed by atoms with Crippen molar-refractivity contribution in [2.75, 3.05) is 6.54 Å². The van der Waals surface area contributed by atoms with Gasteiger partial charge in [0.05, 0.1) is 17.9 Å². The van der Waals surface area contributed by atoms with E-state index in [0.29, 0.717) is 6.04 Å². The van der Waals surface area contributed by atoms with Gasteiger partial charge in [0.15, 0.2) is 0 Å². The molecular formula is C14H28N4. The summed E-state index contributed by atoms with van der Waals surface area (Å²) in [6.45, 7) is 5.52. The molecule has 4 heteroatoms. The van der Waals surface area contributed by atoms with Gasteiger partial charge in [0, 0.05) is 7.05 Å². The average Bonchev–Trinajstić information content (AvgIpc) is 2.79. The maximum atomic E-state index is 4.03. The number of hydrogen-bond acceptors (Lipinski definition) is 3. The monoisotopic (exact) mass is 252 g/mol. The minimum absolute atomic E-state index is 0.409. The molecule has 0 spiro atoms. The summed E-state index contributed by atoms with van der Waals surface area (Å²) in [4.78, 5) is 0. The van der Waals surface area contributed by atoms with Crippen LogP contribution in [0.4, 0.5) is 0 Å². The maximum absolute atomic E-state index is 4.03. The number of rotatable bonds is 10. The minimum Gasteiger partial charge on any atom is -0.309 e. The van der Waals surface area contributed by atoms with E-state index in [-0.39, 0.29) is 0 Å². The highest BCUT2D eigenvalue weighted by molar-refractivity contribution is 5.01. The highest BCUT2D eigenvalue weighted by atomic mass is 15.4. The Morgan fingerprint density at radius 2 is 1.94 bits per heavy atom. The summed E-state index contributed by atoms with van der Waals surface area (Å²) >= 11 is 0. The second-order valence-corrected chi connectivity index (χ2v) is 4.99. The molecular weight excluding hydrogens is 224 g/mol. The average molecular weight is 252 g/mol. The first-order chi connectivity index (χ1) is 8.79. The van der Waals surface area contributed by atoms with Gasteiger partial charge in [-0.15, -0.1) is 5.10 Å². The van der Waals surface area contributed by atoms with Crippen LogP contribution in [0, 0.1) is 0 Å². The quantitative estimate of drug-likeness (QED) is 0.650. The van der Waals surface area contributed by atoms with Gasteiger partial charge < -0.3 is 5.32 Å². The Kier molecular flexibility index (Phi) is 7.65. The van der Waals surface area contributed by atoms with Crippen LogP contribution < -0.4 is 5.32 Å². The topological polar surface area (TPSA) is 42.7 Å². The summed E-state index contributed by atoms with van der Waals surface area (Å²) < 4.78 is 1.89. The molecule has 0 radical (unpaired) electrons. The molecule has 1 aromatic rings. The molecule has 1 unspecified atom stereocenters. The molecule has 1 atom stereocenters. The van der Waals surface area contributed by atoms with Crippen LogP contribution >= 0.6 is 0 Å². The smallest absolute Gasteiger partial charge is 0.0753 e. The summed E-state index contributed by atoms with van der Waals surface area (Å²) in [6, 6.07) is 0.409. The van der Waals surface area contributed by atoms with Gasteiger partial charge in [-0.25, -0.2) is 0 Å². The summed E-state index contributed by atoms with van der Waals surface area (Å²) in [6.07, 6.45) is 10.9. The zero-order valence-corrected chi connectivity index (χ0v) is 12.2. The van der Waals surface area contributed by atoms with Crippen LogP contribution in [0.25, 0.3) is 0 Å². The Morgan fingerprint density at radius 1 is 1.17 bits per heavy atom. The summed E-state index contributed by atoms with van der Waals surface area (Å²) in [7, 11) is 1.97. The van der Waals surface area contributed by atoms with E-state index < -0.39 is 0 Å². The van der Waals surface area contributed by atoms with Crippen molar-refractivity contribution < 1.29 is 0 Å². The molecule has 0 amide bonds. The zero-order valence-electron chi connectivity index (χ0n) is 12.2. The summed E-state index contributed by atoms with van der Waals surface area (Å²) in [5.41, 5.74) is 1.21. The van der Waals surface area contributed by atoms with Gasteiger partial charge in [-0.05, 0) is 19.4 Å². The van der Waals surface area contributed by atoms with Crippen molar-refractivity contribution in [3.05, 3.63) is 11.9 Å². The lowest BCUT2D eigenvalue weighted by Gasteiger charge is -2.18. The Labute approximate surface area is 111 Å². The number of nitrogens with one attached hydrogen (secondary N) is 1. The van der Waals surface area contributed by atoms with E-state index in [1.165, 1.54) is 44.2 Å². The molecule has 1 N–H and O–H groups in total. The zero-order chi connectivity index (χ0) is 13.2. The Morgan fingerprint density at radius 3 is 2.56 bits per heavy atom. The molecule has 18 heavy (non-hydrogen) atoms. The molecule has 4 nitrogen and oxygen atoms in total. The number of aromatic nitrogens is 3. The second kappa shape index (κ2) is 9.09. The van der Waals surface area contributed by atoms with Gasteiger partial charge in [0.2, 0.25) is 0 Å². The Hall–Kier alpha value is -0.900. The number of nitrogens with zero attached hydrogens (tertiary/aromatic N) is 3. The number of unbranched alkanes of at least 4 members (excludes halogenated alkanes) is 4. The molecule has 1 rings (SSSR count). The van der Waals surface area contributed by atoms with E-state index in [2.05, 4.69) is 29.5 Å². The highest BCUT2D eigenvalue weighted by Gasteiger charge is 2.14. The van der Waals surface area contributed by atoms with E-state index in [4.69, 9.17) is 0 Å². The molecule has 0 aromatic carbocycles. The summed E-state index contributed by atoms with van der Waals surface area (Å²) in [5, 5.41) is 11.6. The number of aryl methyl sites for hydroxylation is 1. The van der Waals surface area contributed by atoms with Crippen molar-refractivity contribution in [1.82, 2.24) is 20.3 Å². The lowest BCUT2D eigenvalue weighted by molar-refractivity contribution is 0.443.